The number of piperazine rings is 1. The molecule has 0 aromatic carbocycles. The largest absolute Gasteiger partial charge is 0.477 e. The monoisotopic (exact) mass is 592 g/mol. The Hall–Kier alpha value is -4.29. The average molecular weight is 593 g/mol. The number of nitrogens with one attached hydrogen (secondary N) is 2. The van der Waals surface area contributed by atoms with Crippen molar-refractivity contribution in [2.24, 2.45) is 0 Å². The number of pyridine rings is 1. The van der Waals surface area contributed by atoms with Gasteiger partial charge in [-0.15, -0.1) is 0 Å². The summed E-state index contributed by atoms with van der Waals surface area (Å²) in [6.45, 7) is 1.22. The summed E-state index contributed by atoms with van der Waals surface area (Å²) in [5.41, 5.74) is -4.64. The summed E-state index contributed by atoms with van der Waals surface area (Å²) in [5.74, 6) is -2.20. The van der Waals surface area contributed by atoms with Gasteiger partial charge in [-0.05, 0) is 6.07 Å². The number of amides is 1. The van der Waals surface area contributed by atoms with Gasteiger partial charge in [0.1, 0.15) is 12.1 Å². The molecule has 0 aliphatic carbocycles. The predicted octanol–water partition coefficient (Wildman–Crippen LogP) is 2.37. The topological polar surface area (TPSA) is 129 Å². The second-order valence-electron chi connectivity index (χ2n) is 8.53. The zero-order chi connectivity index (χ0) is 29.2. The van der Waals surface area contributed by atoms with Crippen molar-refractivity contribution in [3.05, 3.63) is 58.2 Å². The van der Waals surface area contributed by atoms with Crippen LogP contribution in [-0.4, -0.2) is 65.9 Å². The molecule has 0 radical (unpaired) electrons. The number of aromatic amines is 1. The second-order valence-corrected chi connectivity index (χ2v) is 11.0. The number of carbonyl (C=O) groups is 1. The van der Waals surface area contributed by atoms with Gasteiger partial charge in [-0.2, -0.15) is 35.8 Å². The van der Waals surface area contributed by atoms with Crippen molar-refractivity contribution >= 4 is 32.2 Å². The van der Waals surface area contributed by atoms with Crippen LogP contribution in [0.2, 0.25) is 6.55 Å². The molecule has 4 rings (SSSR count). The van der Waals surface area contributed by atoms with Crippen molar-refractivity contribution in [1.82, 2.24) is 25.1 Å². The minimum atomic E-state index is -4.94. The first-order valence-corrected chi connectivity index (χ1v) is 13.9. The first kappa shape index (κ1) is 28.7. The maximum absolute atomic E-state index is 15.2. The van der Waals surface area contributed by atoms with E-state index in [4.69, 9.17) is 4.74 Å². The van der Waals surface area contributed by atoms with Gasteiger partial charge >= 0.3 is 12.4 Å². The lowest BCUT2D eigenvalue weighted by Gasteiger charge is -2.34. The van der Waals surface area contributed by atoms with E-state index in [1.807, 2.05) is 0 Å². The number of alkyl halides is 6. The Morgan fingerprint density at radius 1 is 1.05 bits per heavy atom. The summed E-state index contributed by atoms with van der Waals surface area (Å²) in [4.78, 5) is 40.5. The number of anilines is 3. The van der Waals surface area contributed by atoms with Crippen LogP contribution in [-0.2, 0) is 17.1 Å². The molecule has 3 aromatic heterocycles. The summed E-state index contributed by atoms with van der Waals surface area (Å²) in [6, 6.07) is 1.22. The predicted molar refractivity (Wildman–Crippen MR) is 128 cm³/mol. The molecule has 0 spiro atoms. The first-order valence-electron chi connectivity index (χ1n) is 11.4. The van der Waals surface area contributed by atoms with Gasteiger partial charge in [-0.1, -0.05) is 6.55 Å². The van der Waals surface area contributed by atoms with Crippen LogP contribution in [0.25, 0.3) is 0 Å². The van der Waals surface area contributed by atoms with Crippen LogP contribution in [0.4, 0.5) is 48.1 Å². The van der Waals surface area contributed by atoms with E-state index < -0.39 is 61.3 Å². The Morgan fingerprint density at radius 3 is 2.38 bits per heavy atom. The number of H-pyrrole nitrogens is 1. The lowest BCUT2D eigenvalue weighted by atomic mass is 10.2. The minimum Gasteiger partial charge on any atom is -0.477 e. The highest BCUT2D eigenvalue weighted by atomic mass is 28.3. The lowest BCUT2D eigenvalue weighted by molar-refractivity contribution is -0.138. The van der Waals surface area contributed by atoms with Gasteiger partial charge in [0.05, 0.1) is 29.4 Å². The van der Waals surface area contributed by atoms with Crippen LogP contribution in [0.3, 0.4) is 0 Å². The highest BCUT2D eigenvalue weighted by molar-refractivity contribution is 6.61. The Kier molecular flexibility index (Phi) is 7.94. The molecule has 40 heavy (non-hydrogen) atoms. The molecule has 1 saturated heterocycles. The van der Waals surface area contributed by atoms with E-state index in [2.05, 4.69) is 25.0 Å². The molecule has 0 bridgehead atoms. The fourth-order valence-corrected chi connectivity index (χ4v) is 4.99. The van der Waals surface area contributed by atoms with Crippen molar-refractivity contribution in [2.75, 3.05) is 40.6 Å². The van der Waals surface area contributed by atoms with E-state index >= 15 is 4.39 Å². The van der Waals surface area contributed by atoms with Crippen LogP contribution in [0.5, 0.6) is 5.88 Å². The molecule has 4 heterocycles. The van der Waals surface area contributed by atoms with Crippen LogP contribution in [0.15, 0.2) is 35.6 Å². The van der Waals surface area contributed by atoms with Crippen molar-refractivity contribution in [1.29, 1.82) is 0 Å². The Balaban J connectivity index is 1.41. The summed E-state index contributed by atoms with van der Waals surface area (Å²) >= 11 is 0. The summed E-state index contributed by atoms with van der Waals surface area (Å²) in [5, 5.41) is 5.09. The molecule has 1 aliphatic rings. The number of carbonyl (C=O) groups excluding carboxylic acids is 1. The third-order valence-corrected chi connectivity index (χ3v) is 7.08. The zero-order valence-corrected chi connectivity index (χ0v) is 21.5. The number of hydrogen-bond donors (Lipinski definition) is 2. The molecule has 214 valence electrons. The Labute approximate surface area is 221 Å². The molecule has 1 atom stereocenters. The maximum atomic E-state index is 15.2. The van der Waals surface area contributed by atoms with E-state index in [9.17, 15) is 35.9 Å². The number of nitrogens with zero attached hydrogens (tertiary/aromatic N) is 6. The smallest absolute Gasteiger partial charge is 0.423 e. The van der Waals surface area contributed by atoms with Crippen LogP contribution in [0, 0.1) is 5.82 Å². The third-order valence-electron chi connectivity index (χ3n) is 5.61. The van der Waals surface area contributed by atoms with Gasteiger partial charge in [-0.3, -0.25) is 9.59 Å². The average Bonchev–Trinajstić information content (AvgIpc) is 2.87. The number of rotatable bonds is 7. The van der Waals surface area contributed by atoms with Crippen molar-refractivity contribution in [2.45, 2.75) is 18.9 Å². The van der Waals surface area contributed by atoms with E-state index in [0.29, 0.717) is 12.4 Å². The van der Waals surface area contributed by atoms with Crippen LogP contribution in [0.1, 0.15) is 11.1 Å². The molecule has 11 nitrogen and oxygen atoms in total. The lowest BCUT2D eigenvalue weighted by Crippen LogP contribution is -2.51. The van der Waals surface area contributed by atoms with Gasteiger partial charge in [-0.25, -0.2) is 20.1 Å². The third kappa shape index (κ3) is 6.29. The molecular formula is C21H19F7N8O3Si. The zero-order valence-electron chi connectivity index (χ0n) is 20.3. The number of hydrogen-bond acceptors (Lipinski definition) is 9. The van der Waals surface area contributed by atoms with E-state index in [1.165, 1.54) is 17.2 Å². The first-order chi connectivity index (χ1) is 18.8. The molecule has 1 amide bonds. The van der Waals surface area contributed by atoms with Gasteiger partial charge in [0.2, 0.25) is 17.7 Å². The highest BCUT2D eigenvalue weighted by Gasteiger charge is 2.38. The number of halogens is 7. The fourth-order valence-electron chi connectivity index (χ4n) is 3.75. The van der Waals surface area contributed by atoms with Crippen molar-refractivity contribution < 1.29 is 40.3 Å². The fraction of sp³-hybridized carbons (Fsp3) is 0.333. The molecule has 2 N–H and O–H groups in total. The quantitative estimate of drug-likeness (QED) is 0.314. The van der Waals surface area contributed by atoms with Gasteiger partial charge in [0.25, 0.3) is 11.4 Å². The molecule has 0 saturated carbocycles. The molecular weight excluding hydrogens is 573 g/mol. The van der Waals surface area contributed by atoms with Crippen LogP contribution >= 0.6 is 0 Å². The molecule has 3 aromatic rings. The van der Waals surface area contributed by atoms with Crippen molar-refractivity contribution in [3.8, 4) is 5.88 Å². The van der Waals surface area contributed by atoms with Gasteiger partial charge < -0.3 is 19.5 Å². The van der Waals surface area contributed by atoms with Gasteiger partial charge in [0.15, 0.2) is 8.96 Å². The summed E-state index contributed by atoms with van der Waals surface area (Å²) < 4.78 is 98.6. The van der Waals surface area contributed by atoms with E-state index in [-0.39, 0.29) is 37.5 Å². The molecule has 1 aliphatic heterocycles. The van der Waals surface area contributed by atoms with E-state index in [0.717, 1.165) is 11.1 Å². The maximum Gasteiger partial charge on any atom is 0.423 e. The number of aromatic nitrogens is 5. The minimum absolute atomic E-state index is 0.0634. The summed E-state index contributed by atoms with van der Waals surface area (Å²) in [6.07, 6.45) is -6.62. The highest BCUT2D eigenvalue weighted by Crippen LogP contribution is 2.32. The normalized spacial score (nSPS) is 15.2. The molecule has 1 fully saturated rings. The van der Waals surface area contributed by atoms with E-state index in [1.54, 1.807) is 11.6 Å². The Bertz CT molecular complexity index is 1440. The van der Waals surface area contributed by atoms with Crippen molar-refractivity contribution in [3.63, 3.8) is 0 Å². The SMILES string of the molecule is C[Si@@H](COc1nccc(N2CCN(c3ncc(C(F)(F)F)cn3)CC2=O)c1F)Nc1cn[nH]c(=O)c1C(F)(F)F. The molecule has 0 unspecified atom stereocenters. The van der Waals surface area contributed by atoms with Gasteiger partial charge in [0, 0.05) is 31.7 Å². The second kappa shape index (κ2) is 11.1. The van der Waals surface area contributed by atoms with Crippen LogP contribution < -0.4 is 25.1 Å². The Morgan fingerprint density at radius 2 is 1.75 bits per heavy atom. The number of ether oxygens (including phenoxy) is 1. The standard InChI is InChI=1S/C21H19F7N8O3Si/c1-40(34-12-8-32-33-17(38)15(12)21(26,27)28)10-39-18-16(22)13(2-3-29-18)36-5-4-35(9-14(36)37)19-30-6-11(7-31-19)20(23,24)25/h2-3,6-8,40H,4-5,9-10H2,1H3,(H2,33,34,38)/t40-/m0/s1. The molecule has 19 heteroatoms. The summed E-state index contributed by atoms with van der Waals surface area (Å²) in [7, 11) is -2.40.